The van der Waals surface area contributed by atoms with Crippen LogP contribution in [-0.2, 0) is 0 Å². The van der Waals surface area contributed by atoms with Crippen molar-refractivity contribution in [1.29, 1.82) is 0 Å². The molecule has 1 aromatic carbocycles. The Morgan fingerprint density at radius 1 is 1.24 bits per heavy atom. The van der Waals surface area contributed by atoms with E-state index in [9.17, 15) is 0 Å². The smallest absolute Gasteiger partial charge is 0.0936 e. The normalized spacial score (nSPS) is 10.7. The SMILES string of the molecule is CSCCCNc1cccc2ccc(C)nc12. The fraction of sp³-hybridized carbons (Fsp3) is 0.357. The summed E-state index contributed by atoms with van der Waals surface area (Å²) in [6, 6.07) is 10.5. The lowest BCUT2D eigenvalue weighted by Gasteiger charge is -2.09. The predicted octanol–water partition coefficient (Wildman–Crippen LogP) is 3.71. The van der Waals surface area contributed by atoms with Crippen molar-refractivity contribution in [3.63, 3.8) is 0 Å². The molecule has 2 rings (SSSR count). The third-order valence-electron chi connectivity index (χ3n) is 2.70. The Hall–Kier alpha value is -1.22. The van der Waals surface area contributed by atoms with Gasteiger partial charge in [-0.05, 0) is 37.5 Å². The highest BCUT2D eigenvalue weighted by molar-refractivity contribution is 7.98. The number of nitrogens with zero attached hydrogens (tertiary/aromatic N) is 1. The van der Waals surface area contributed by atoms with Gasteiger partial charge in [0.1, 0.15) is 0 Å². The Morgan fingerprint density at radius 3 is 2.94 bits per heavy atom. The molecule has 0 saturated carbocycles. The Labute approximate surface area is 107 Å². The van der Waals surface area contributed by atoms with Crippen molar-refractivity contribution in [2.45, 2.75) is 13.3 Å². The molecule has 0 bridgehead atoms. The first kappa shape index (κ1) is 12.2. The first-order valence-electron chi connectivity index (χ1n) is 5.90. The summed E-state index contributed by atoms with van der Waals surface area (Å²) in [4.78, 5) is 4.61. The van der Waals surface area contributed by atoms with Crippen LogP contribution >= 0.6 is 11.8 Å². The van der Waals surface area contributed by atoms with E-state index >= 15 is 0 Å². The number of rotatable bonds is 5. The molecule has 0 fully saturated rings. The second-order valence-corrected chi connectivity index (χ2v) is 5.09. The lowest BCUT2D eigenvalue weighted by molar-refractivity contribution is 0.994. The van der Waals surface area contributed by atoms with Gasteiger partial charge in [-0.2, -0.15) is 11.8 Å². The fourth-order valence-corrected chi connectivity index (χ4v) is 2.26. The number of fused-ring (bicyclic) bond motifs is 1. The van der Waals surface area contributed by atoms with E-state index in [1.54, 1.807) is 0 Å². The summed E-state index contributed by atoms with van der Waals surface area (Å²) in [6.07, 6.45) is 3.33. The molecule has 17 heavy (non-hydrogen) atoms. The summed E-state index contributed by atoms with van der Waals surface area (Å²) < 4.78 is 0. The van der Waals surface area contributed by atoms with E-state index in [1.165, 1.54) is 17.6 Å². The maximum Gasteiger partial charge on any atom is 0.0936 e. The molecule has 0 unspecified atom stereocenters. The average molecular weight is 246 g/mol. The monoisotopic (exact) mass is 246 g/mol. The van der Waals surface area contributed by atoms with Gasteiger partial charge in [-0.25, -0.2) is 0 Å². The summed E-state index contributed by atoms with van der Waals surface area (Å²) in [6.45, 7) is 3.04. The van der Waals surface area contributed by atoms with Crippen LogP contribution in [0.4, 0.5) is 5.69 Å². The maximum atomic E-state index is 4.61. The van der Waals surface area contributed by atoms with Gasteiger partial charge in [-0.1, -0.05) is 18.2 Å². The fourth-order valence-electron chi connectivity index (χ4n) is 1.83. The van der Waals surface area contributed by atoms with Crippen molar-refractivity contribution < 1.29 is 0 Å². The largest absolute Gasteiger partial charge is 0.383 e. The van der Waals surface area contributed by atoms with E-state index in [0.29, 0.717) is 0 Å². The van der Waals surface area contributed by atoms with Crippen molar-refractivity contribution in [3.8, 4) is 0 Å². The number of pyridine rings is 1. The second kappa shape index (κ2) is 5.92. The summed E-state index contributed by atoms with van der Waals surface area (Å²) in [5.41, 5.74) is 3.29. The van der Waals surface area contributed by atoms with Gasteiger partial charge in [-0.3, -0.25) is 4.98 Å². The van der Waals surface area contributed by atoms with E-state index in [0.717, 1.165) is 23.4 Å². The van der Waals surface area contributed by atoms with Gasteiger partial charge in [-0.15, -0.1) is 0 Å². The molecule has 2 aromatic rings. The Morgan fingerprint density at radius 2 is 2.12 bits per heavy atom. The van der Waals surface area contributed by atoms with Gasteiger partial charge in [0.25, 0.3) is 0 Å². The van der Waals surface area contributed by atoms with Crippen LogP contribution in [0.2, 0.25) is 0 Å². The van der Waals surface area contributed by atoms with Gasteiger partial charge < -0.3 is 5.32 Å². The number of hydrogen-bond acceptors (Lipinski definition) is 3. The van der Waals surface area contributed by atoms with Gasteiger partial charge in [0.05, 0.1) is 11.2 Å². The minimum absolute atomic E-state index is 1.01. The Balaban J connectivity index is 2.18. The summed E-state index contributed by atoms with van der Waals surface area (Å²) in [5, 5.41) is 4.67. The van der Waals surface area contributed by atoms with Crippen molar-refractivity contribution in [2.24, 2.45) is 0 Å². The predicted molar refractivity (Wildman–Crippen MR) is 78.0 cm³/mol. The highest BCUT2D eigenvalue weighted by atomic mass is 32.2. The summed E-state index contributed by atoms with van der Waals surface area (Å²) >= 11 is 1.89. The van der Waals surface area contributed by atoms with Crippen molar-refractivity contribution >= 4 is 28.4 Å². The van der Waals surface area contributed by atoms with Crippen molar-refractivity contribution in [2.75, 3.05) is 23.9 Å². The zero-order valence-corrected chi connectivity index (χ0v) is 11.2. The third kappa shape index (κ3) is 3.13. The molecule has 1 aromatic heterocycles. The number of aryl methyl sites for hydroxylation is 1. The first-order valence-corrected chi connectivity index (χ1v) is 7.30. The minimum atomic E-state index is 1.01. The molecule has 90 valence electrons. The molecule has 1 N–H and O–H groups in total. The number of thioether (sulfide) groups is 1. The molecule has 0 radical (unpaired) electrons. The number of aromatic nitrogens is 1. The Bertz CT molecular complexity index is 497. The van der Waals surface area contributed by atoms with Crippen LogP contribution < -0.4 is 5.32 Å². The van der Waals surface area contributed by atoms with Crippen LogP contribution in [0.25, 0.3) is 10.9 Å². The molecule has 1 heterocycles. The van der Waals surface area contributed by atoms with E-state index in [1.807, 2.05) is 18.7 Å². The number of para-hydroxylation sites is 1. The minimum Gasteiger partial charge on any atom is -0.383 e. The molecule has 0 atom stereocenters. The van der Waals surface area contributed by atoms with Gasteiger partial charge >= 0.3 is 0 Å². The quantitative estimate of drug-likeness (QED) is 0.814. The Kier molecular flexibility index (Phi) is 4.26. The maximum absolute atomic E-state index is 4.61. The van der Waals surface area contributed by atoms with Crippen LogP contribution in [0.15, 0.2) is 30.3 Å². The summed E-state index contributed by atoms with van der Waals surface area (Å²) in [7, 11) is 0. The molecule has 0 saturated heterocycles. The van der Waals surface area contributed by atoms with Crippen LogP contribution in [0.3, 0.4) is 0 Å². The lowest BCUT2D eigenvalue weighted by Crippen LogP contribution is -2.03. The number of nitrogens with one attached hydrogen (secondary N) is 1. The highest BCUT2D eigenvalue weighted by Crippen LogP contribution is 2.21. The molecule has 0 aliphatic rings. The van der Waals surface area contributed by atoms with Crippen LogP contribution in [0.5, 0.6) is 0 Å². The van der Waals surface area contributed by atoms with E-state index in [-0.39, 0.29) is 0 Å². The second-order valence-electron chi connectivity index (χ2n) is 4.10. The van der Waals surface area contributed by atoms with E-state index < -0.39 is 0 Å². The topological polar surface area (TPSA) is 24.9 Å². The zero-order chi connectivity index (χ0) is 12.1. The van der Waals surface area contributed by atoms with E-state index in [2.05, 4.69) is 46.9 Å². The van der Waals surface area contributed by atoms with Crippen molar-refractivity contribution in [1.82, 2.24) is 4.98 Å². The van der Waals surface area contributed by atoms with E-state index in [4.69, 9.17) is 0 Å². The number of hydrogen-bond donors (Lipinski definition) is 1. The molecule has 3 heteroatoms. The van der Waals surface area contributed by atoms with Crippen molar-refractivity contribution in [3.05, 3.63) is 36.0 Å². The standard InChI is InChI=1S/C14H18N2S/c1-11-7-8-12-5-3-6-13(14(12)16-11)15-9-4-10-17-2/h3,5-8,15H,4,9-10H2,1-2H3. The summed E-state index contributed by atoms with van der Waals surface area (Å²) in [5.74, 6) is 1.20. The number of benzene rings is 1. The average Bonchev–Trinajstić information content (AvgIpc) is 2.35. The first-order chi connectivity index (χ1) is 8.31. The molecule has 2 nitrogen and oxygen atoms in total. The molecule has 0 aliphatic heterocycles. The van der Waals surface area contributed by atoms with Gasteiger partial charge in [0.15, 0.2) is 0 Å². The highest BCUT2D eigenvalue weighted by Gasteiger charge is 2.01. The van der Waals surface area contributed by atoms with Crippen LogP contribution in [0, 0.1) is 6.92 Å². The molecule has 0 spiro atoms. The molecule has 0 aliphatic carbocycles. The molecular weight excluding hydrogens is 228 g/mol. The zero-order valence-electron chi connectivity index (χ0n) is 10.4. The third-order valence-corrected chi connectivity index (χ3v) is 3.40. The van der Waals surface area contributed by atoms with Crippen LogP contribution in [0.1, 0.15) is 12.1 Å². The van der Waals surface area contributed by atoms with Gasteiger partial charge in [0.2, 0.25) is 0 Å². The molecule has 0 amide bonds. The van der Waals surface area contributed by atoms with Crippen LogP contribution in [-0.4, -0.2) is 23.5 Å². The molecular formula is C14H18N2S. The number of anilines is 1. The lowest BCUT2D eigenvalue weighted by atomic mass is 10.1. The van der Waals surface area contributed by atoms with Gasteiger partial charge in [0, 0.05) is 17.6 Å².